The first-order valence-corrected chi connectivity index (χ1v) is 3.62. The van der Waals surface area contributed by atoms with Gasteiger partial charge in [-0.2, -0.15) is 5.26 Å². The summed E-state index contributed by atoms with van der Waals surface area (Å²) in [5.41, 5.74) is 0.740. The molecule has 0 aromatic heterocycles. The van der Waals surface area contributed by atoms with Crippen LogP contribution in [0.25, 0.3) is 0 Å². The molecule has 1 atom stereocenters. The lowest BCUT2D eigenvalue weighted by atomic mass is 9.97. The summed E-state index contributed by atoms with van der Waals surface area (Å²) in [5, 5.41) is 8.67. The summed E-state index contributed by atoms with van der Waals surface area (Å²) in [5.74, 6) is -0.747. The Bertz CT molecular complexity index is 310. The summed E-state index contributed by atoms with van der Waals surface area (Å²) < 4.78 is 0. The lowest BCUT2D eigenvalue weighted by Gasteiger charge is -2.02. The Kier molecular flexibility index (Phi) is 2.60. The van der Waals surface area contributed by atoms with Crippen molar-refractivity contribution in [1.82, 2.24) is 0 Å². The molecule has 0 N–H and O–H groups in total. The van der Waals surface area contributed by atoms with Gasteiger partial charge in [-0.1, -0.05) is 24.3 Å². The second kappa shape index (κ2) is 3.68. The van der Waals surface area contributed by atoms with Gasteiger partial charge >= 0.3 is 0 Å². The van der Waals surface area contributed by atoms with Crippen molar-refractivity contribution in [2.45, 2.75) is 12.8 Å². The van der Waals surface area contributed by atoms with Gasteiger partial charge in [0.1, 0.15) is 5.92 Å². The van der Waals surface area contributed by atoms with E-state index in [-0.39, 0.29) is 5.78 Å². The summed E-state index contributed by atoms with van der Waals surface area (Å²) in [6.45, 7) is 1.42. The monoisotopic (exact) mass is 158 g/mol. The van der Waals surface area contributed by atoms with Gasteiger partial charge < -0.3 is 0 Å². The van der Waals surface area contributed by atoms with E-state index in [1.165, 1.54) is 6.92 Å². The third-order valence-electron chi connectivity index (χ3n) is 1.61. The van der Waals surface area contributed by atoms with Crippen LogP contribution in [0.4, 0.5) is 0 Å². The fraction of sp³-hybridized carbons (Fsp3) is 0.200. The summed E-state index contributed by atoms with van der Waals surface area (Å²) >= 11 is 0. The number of carbonyl (C=O) groups is 1. The normalized spacial score (nSPS) is 11.7. The Morgan fingerprint density at radius 2 is 2.17 bits per heavy atom. The molecule has 12 heavy (non-hydrogen) atoms. The number of carbonyl (C=O) groups excluding carboxylic acids is 1. The van der Waals surface area contributed by atoms with E-state index < -0.39 is 5.92 Å². The maximum Gasteiger partial charge on any atom is 0.151 e. The molecule has 0 fully saturated rings. The van der Waals surface area contributed by atoms with Crippen molar-refractivity contribution in [3.8, 4) is 6.07 Å². The molecule has 0 amide bonds. The molecule has 0 bridgehead atoms. The Labute approximate surface area is 71.4 Å². The number of Topliss-reactive ketones (excluding diaryl/α,β-unsaturated/α-hetero) is 1. The Balaban J connectivity index is 2.98. The van der Waals surface area contributed by atoms with Crippen LogP contribution in [-0.2, 0) is 4.79 Å². The van der Waals surface area contributed by atoms with Crippen molar-refractivity contribution >= 4 is 5.78 Å². The van der Waals surface area contributed by atoms with Crippen LogP contribution >= 0.6 is 0 Å². The Morgan fingerprint density at radius 3 is 2.58 bits per heavy atom. The SMILES string of the molecule is CC(=O)C(C#N)c1cc[c]cc1. The molecular weight excluding hydrogens is 150 g/mol. The third-order valence-corrected chi connectivity index (χ3v) is 1.61. The van der Waals surface area contributed by atoms with Gasteiger partial charge in [-0.05, 0) is 18.6 Å². The van der Waals surface area contributed by atoms with Gasteiger partial charge in [-0.15, -0.1) is 0 Å². The molecular formula is C10H8NO. The molecule has 59 valence electrons. The molecule has 1 unspecified atom stereocenters. The van der Waals surface area contributed by atoms with Crippen LogP contribution in [0.2, 0.25) is 0 Å². The van der Waals surface area contributed by atoms with E-state index in [2.05, 4.69) is 6.07 Å². The number of nitriles is 1. The zero-order chi connectivity index (χ0) is 8.97. The van der Waals surface area contributed by atoms with Crippen molar-refractivity contribution in [3.63, 3.8) is 0 Å². The largest absolute Gasteiger partial charge is 0.298 e. The highest BCUT2D eigenvalue weighted by Crippen LogP contribution is 2.14. The van der Waals surface area contributed by atoms with Crippen molar-refractivity contribution < 1.29 is 4.79 Å². The summed E-state index contributed by atoms with van der Waals surface area (Å²) in [7, 11) is 0. The maximum absolute atomic E-state index is 10.9. The van der Waals surface area contributed by atoms with Crippen LogP contribution in [0.3, 0.4) is 0 Å². The van der Waals surface area contributed by atoms with Crippen molar-refractivity contribution in [2.24, 2.45) is 0 Å². The maximum atomic E-state index is 10.9. The molecule has 1 aromatic carbocycles. The lowest BCUT2D eigenvalue weighted by Crippen LogP contribution is -2.05. The molecule has 1 aromatic rings. The average Bonchev–Trinajstić information content (AvgIpc) is 2.07. The number of ketones is 1. The summed E-state index contributed by atoms with van der Waals surface area (Å²) in [6, 6.07) is 11.6. The Hall–Kier alpha value is -1.62. The van der Waals surface area contributed by atoms with Crippen LogP contribution in [0.15, 0.2) is 24.3 Å². The second-order valence-electron chi connectivity index (χ2n) is 2.51. The average molecular weight is 158 g/mol. The van der Waals surface area contributed by atoms with E-state index in [4.69, 9.17) is 5.26 Å². The zero-order valence-corrected chi connectivity index (χ0v) is 6.74. The first-order chi connectivity index (χ1) is 5.75. The first-order valence-electron chi connectivity index (χ1n) is 3.62. The molecule has 1 rings (SSSR count). The molecule has 0 aliphatic carbocycles. The minimum Gasteiger partial charge on any atom is -0.298 e. The molecule has 1 radical (unpaired) electrons. The number of hydrogen-bond donors (Lipinski definition) is 0. The number of nitrogens with zero attached hydrogens (tertiary/aromatic N) is 1. The fourth-order valence-electron chi connectivity index (χ4n) is 0.992. The Morgan fingerprint density at radius 1 is 1.58 bits per heavy atom. The molecule has 0 heterocycles. The lowest BCUT2D eigenvalue weighted by molar-refractivity contribution is -0.117. The van der Waals surface area contributed by atoms with Crippen molar-refractivity contribution in [1.29, 1.82) is 5.26 Å². The minimum atomic E-state index is -0.625. The highest BCUT2D eigenvalue weighted by atomic mass is 16.1. The number of benzene rings is 1. The van der Waals surface area contributed by atoms with Gasteiger partial charge in [0.15, 0.2) is 5.78 Å². The smallest absolute Gasteiger partial charge is 0.151 e. The summed E-state index contributed by atoms with van der Waals surface area (Å²) in [4.78, 5) is 10.9. The standard InChI is InChI=1S/C10H8NO/c1-8(12)10(7-11)9-5-3-2-4-6-9/h3-6,10H,1H3. The molecule has 2 nitrogen and oxygen atoms in total. The molecule has 0 spiro atoms. The fourth-order valence-corrected chi connectivity index (χ4v) is 0.992. The first kappa shape index (κ1) is 8.48. The molecule has 2 heteroatoms. The van der Waals surface area contributed by atoms with E-state index in [0.717, 1.165) is 5.56 Å². The quantitative estimate of drug-likeness (QED) is 0.657. The van der Waals surface area contributed by atoms with Crippen LogP contribution in [0.1, 0.15) is 18.4 Å². The minimum absolute atomic E-state index is 0.122. The van der Waals surface area contributed by atoms with E-state index in [9.17, 15) is 4.79 Å². The van der Waals surface area contributed by atoms with Crippen molar-refractivity contribution in [2.75, 3.05) is 0 Å². The highest BCUT2D eigenvalue weighted by molar-refractivity contribution is 5.86. The van der Waals surface area contributed by atoms with Crippen LogP contribution in [-0.4, -0.2) is 5.78 Å². The van der Waals surface area contributed by atoms with Gasteiger partial charge in [0.05, 0.1) is 6.07 Å². The van der Waals surface area contributed by atoms with E-state index in [0.29, 0.717) is 0 Å². The van der Waals surface area contributed by atoms with Crippen molar-refractivity contribution in [3.05, 3.63) is 35.9 Å². The second-order valence-corrected chi connectivity index (χ2v) is 2.51. The van der Waals surface area contributed by atoms with Gasteiger partial charge in [-0.25, -0.2) is 0 Å². The van der Waals surface area contributed by atoms with E-state index in [1.807, 2.05) is 6.07 Å². The van der Waals surface area contributed by atoms with Crippen LogP contribution < -0.4 is 0 Å². The third kappa shape index (κ3) is 1.70. The number of hydrogen-bond acceptors (Lipinski definition) is 2. The van der Waals surface area contributed by atoms with Crippen LogP contribution in [0, 0.1) is 17.4 Å². The molecule has 0 saturated carbocycles. The predicted octanol–water partition coefficient (Wildman–Crippen LogP) is 1.68. The predicted molar refractivity (Wildman–Crippen MR) is 44.3 cm³/mol. The van der Waals surface area contributed by atoms with E-state index in [1.54, 1.807) is 24.3 Å². The molecule has 0 aliphatic heterocycles. The molecule has 0 saturated heterocycles. The highest BCUT2D eigenvalue weighted by Gasteiger charge is 2.14. The zero-order valence-electron chi connectivity index (χ0n) is 6.74. The van der Waals surface area contributed by atoms with Crippen LogP contribution in [0.5, 0.6) is 0 Å². The van der Waals surface area contributed by atoms with Gasteiger partial charge in [-0.3, -0.25) is 4.79 Å². The van der Waals surface area contributed by atoms with E-state index >= 15 is 0 Å². The van der Waals surface area contributed by atoms with Gasteiger partial charge in [0, 0.05) is 0 Å². The van der Waals surface area contributed by atoms with Gasteiger partial charge in [0.25, 0.3) is 0 Å². The van der Waals surface area contributed by atoms with Gasteiger partial charge in [0.2, 0.25) is 0 Å². The molecule has 0 aliphatic rings. The number of rotatable bonds is 2. The topological polar surface area (TPSA) is 40.9 Å². The summed E-state index contributed by atoms with van der Waals surface area (Å²) in [6.07, 6.45) is 0.